The Morgan fingerprint density at radius 1 is 1.40 bits per heavy atom. The summed E-state index contributed by atoms with van der Waals surface area (Å²) < 4.78 is 24.9. The van der Waals surface area contributed by atoms with Crippen LogP contribution in [0.15, 0.2) is 24.3 Å². The zero-order valence-corrected chi connectivity index (χ0v) is 12.3. The molecule has 0 radical (unpaired) electrons. The van der Waals surface area contributed by atoms with Crippen LogP contribution in [0.5, 0.6) is 0 Å². The maximum absolute atomic E-state index is 13.6. The van der Waals surface area contributed by atoms with Crippen LogP contribution in [-0.4, -0.2) is 32.5 Å². The van der Waals surface area contributed by atoms with E-state index in [1.54, 1.807) is 19.2 Å². The lowest BCUT2D eigenvalue weighted by Crippen LogP contribution is -2.49. The molecule has 1 N–H and O–H groups in total. The summed E-state index contributed by atoms with van der Waals surface area (Å²) in [4.78, 5) is 0. The lowest BCUT2D eigenvalue weighted by molar-refractivity contribution is -0.111. The van der Waals surface area contributed by atoms with E-state index in [2.05, 4.69) is 12.2 Å². The van der Waals surface area contributed by atoms with Crippen molar-refractivity contribution in [3.8, 4) is 0 Å². The van der Waals surface area contributed by atoms with Crippen LogP contribution < -0.4 is 5.32 Å². The van der Waals surface area contributed by atoms with Crippen molar-refractivity contribution in [2.75, 3.05) is 26.9 Å². The first-order valence-electron chi connectivity index (χ1n) is 7.33. The van der Waals surface area contributed by atoms with E-state index in [9.17, 15) is 4.39 Å². The first kappa shape index (κ1) is 15.4. The van der Waals surface area contributed by atoms with Gasteiger partial charge in [0, 0.05) is 33.2 Å². The average molecular weight is 281 g/mol. The number of hydrogen-bond donors (Lipinski definition) is 1. The first-order valence-corrected chi connectivity index (χ1v) is 7.33. The maximum Gasteiger partial charge on any atom is 0.123 e. The zero-order valence-electron chi connectivity index (χ0n) is 12.3. The Balaban J connectivity index is 2.29. The second-order valence-corrected chi connectivity index (χ2v) is 5.32. The number of methoxy groups -OCH3 is 1. The van der Waals surface area contributed by atoms with Crippen LogP contribution in [0.2, 0.25) is 0 Å². The van der Waals surface area contributed by atoms with Crippen molar-refractivity contribution >= 4 is 0 Å². The molecule has 1 unspecified atom stereocenters. The fourth-order valence-electron chi connectivity index (χ4n) is 2.91. The van der Waals surface area contributed by atoms with E-state index in [-0.39, 0.29) is 17.5 Å². The van der Waals surface area contributed by atoms with Crippen molar-refractivity contribution in [1.82, 2.24) is 5.32 Å². The fourth-order valence-corrected chi connectivity index (χ4v) is 2.91. The van der Waals surface area contributed by atoms with Crippen LogP contribution in [0.1, 0.15) is 37.8 Å². The van der Waals surface area contributed by atoms with Gasteiger partial charge in [-0.2, -0.15) is 0 Å². The number of rotatable bonds is 6. The Kier molecular flexibility index (Phi) is 5.52. The van der Waals surface area contributed by atoms with E-state index in [1.807, 2.05) is 6.07 Å². The maximum atomic E-state index is 13.6. The van der Waals surface area contributed by atoms with Crippen LogP contribution in [0.4, 0.5) is 4.39 Å². The monoisotopic (exact) mass is 281 g/mol. The molecule has 1 heterocycles. The lowest BCUT2D eigenvalue weighted by atomic mass is 9.82. The molecule has 1 atom stereocenters. The summed E-state index contributed by atoms with van der Waals surface area (Å²) in [7, 11) is 1.74. The van der Waals surface area contributed by atoms with Crippen molar-refractivity contribution < 1.29 is 13.9 Å². The number of nitrogens with one attached hydrogen (secondary N) is 1. The van der Waals surface area contributed by atoms with Crippen LogP contribution in [0, 0.1) is 5.82 Å². The molecule has 112 valence electrons. The van der Waals surface area contributed by atoms with E-state index in [0.717, 1.165) is 31.4 Å². The molecule has 0 aromatic heterocycles. The van der Waals surface area contributed by atoms with Gasteiger partial charge in [0.15, 0.2) is 0 Å². The highest BCUT2D eigenvalue weighted by molar-refractivity contribution is 5.24. The van der Waals surface area contributed by atoms with Crippen molar-refractivity contribution in [3.63, 3.8) is 0 Å². The summed E-state index contributed by atoms with van der Waals surface area (Å²) in [6.45, 7) is 4.38. The van der Waals surface area contributed by atoms with Gasteiger partial charge < -0.3 is 14.8 Å². The summed E-state index contributed by atoms with van der Waals surface area (Å²) in [5, 5.41) is 3.53. The molecule has 0 saturated carbocycles. The van der Waals surface area contributed by atoms with Crippen molar-refractivity contribution in [2.24, 2.45) is 0 Å². The molecule has 1 aliphatic heterocycles. The van der Waals surface area contributed by atoms with E-state index in [1.165, 1.54) is 6.07 Å². The minimum Gasteiger partial charge on any atom is -0.381 e. The normalized spacial score (nSPS) is 19.8. The van der Waals surface area contributed by atoms with Crippen LogP contribution in [0.3, 0.4) is 0 Å². The third-order valence-electron chi connectivity index (χ3n) is 4.05. The second-order valence-electron chi connectivity index (χ2n) is 5.32. The van der Waals surface area contributed by atoms with E-state index < -0.39 is 0 Å². The van der Waals surface area contributed by atoms with Gasteiger partial charge in [0.2, 0.25) is 0 Å². The van der Waals surface area contributed by atoms with Gasteiger partial charge in [0.1, 0.15) is 5.82 Å². The Morgan fingerprint density at radius 3 is 2.75 bits per heavy atom. The average Bonchev–Trinajstić information content (AvgIpc) is 2.48. The predicted octanol–water partition coefficient (Wildman–Crippen LogP) is 3.06. The summed E-state index contributed by atoms with van der Waals surface area (Å²) >= 11 is 0. The second kappa shape index (κ2) is 7.16. The number of ether oxygens (including phenoxy) is 2. The van der Waals surface area contributed by atoms with E-state index >= 15 is 0 Å². The number of hydrogen-bond acceptors (Lipinski definition) is 3. The summed E-state index contributed by atoms with van der Waals surface area (Å²) in [6.07, 6.45) is 2.67. The molecule has 0 aliphatic carbocycles. The minimum absolute atomic E-state index is 0.00736. The zero-order chi connectivity index (χ0) is 14.4. The van der Waals surface area contributed by atoms with Gasteiger partial charge in [0.25, 0.3) is 0 Å². The topological polar surface area (TPSA) is 30.5 Å². The number of halogens is 1. The molecule has 1 aromatic carbocycles. The summed E-state index contributed by atoms with van der Waals surface area (Å²) in [5.41, 5.74) is 0.628. The third-order valence-corrected chi connectivity index (χ3v) is 4.05. The summed E-state index contributed by atoms with van der Waals surface area (Å²) in [6, 6.07) is 6.79. The smallest absolute Gasteiger partial charge is 0.123 e. The standard InChI is InChI=1S/C16H24FNO2/c1-3-9-18-15(13-5-4-6-14(17)12-13)16(19-2)7-10-20-11-8-16/h4-6,12,15,18H,3,7-11H2,1-2H3. The Bertz CT molecular complexity index is 419. The largest absolute Gasteiger partial charge is 0.381 e. The van der Waals surface area contributed by atoms with Crippen LogP contribution in [-0.2, 0) is 9.47 Å². The minimum atomic E-state index is -0.318. The molecule has 3 nitrogen and oxygen atoms in total. The fraction of sp³-hybridized carbons (Fsp3) is 0.625. The van der Waals surface area contributed by atoms with Gasteiger partial charge in [-0.15, -0.1) is 0 Å². The van der Waals surface area contributed by atoms with Gasteiger partial charge in [0.05, 0.1) is 11.6 Å². The van der Waals surface area contributed by atoms with Crippen molar-refractivity contribution in [2.45, 2.75) is 37.8 Å². The molecular weight excluding hydrogens is 257 g/mol. The van der Waals surface area contributed by atoms with E-state index in [0.29, 0.717) is 13.2 Å². The van der Waals surface area contributed by atoms with Gasteiger partial charge in [-0.1, -0.05) is 19.1 Å². The van der Waals surface area contributed by atoms with Crippen molar-refractivity contribution in [1.29, 1.82) is 0 Å². The highest BCUT2D eigenvalue weighted by Crippen LogP contribution is 2.37. The molecule has 1 aromatic rings. The molecule has 1 aliphatic rings. The number of benzene rings is 1. The first-order chi connectivity index (χ1) is 9.72. The molecular formula is C16H24FNO2. The van der Waals surface area contributed by atoms with E-state index in [4.69, 9.17) is 9.47 Å². The van der Waals surface area contributed by atoms with Gasteiger partial charge in [-0.25, -0.2) is 4.39 Å². The quantitative estimate of drug-likeness (QED) is 0.869. The third kappa shape index (κ3) is 3.37. The van der Waals surface area contributed by atoms with Gasteiger partial charge >= 0.3 is 0 Å². The lowest BCUT2D eigenvalue weighted by Gasteiger charge is -2.43. The Hall–Kier alpha value is -0.970. The van der Waals surface area contributed by atoms with Crippen molar-refractivity contribution in [3.05, 3.63) is 35.6 Å². The highest BCUT2D eigenvalue weighted by Gasteiger charge is 2.41. The molecule has 0 bridgehead atoms. The predicted molar refractivity (Wildman–Crippen MR) is 77.2 cm³/mol. The molecule has 0 spiro atoms. The molecule has 0 amide bonds. The van der Waals surface area contributed by atoms with Crippen LogP contribution in [0.25, 0.3) is 0 Å². The van der Waals surface area contributed by atoms with Gasteiger partial charge in [-0.05, 0) is 30.7 Å². The summed E-state index contributed by atoms with van der Waals surface area (Å²) in [5.74, 6) is -0.205. The molecule has 2 rings (SSSR count). The molecule has 1 saturated heterocycles. The molecule has 20 heavy (non-hydrogen) atoms. The van der Waals surface area contributed by atoms with Gasteiger partial charge in [-0.3, -0.25) is 0 Å². The molecule has 4 heteroatoms. The SMILES string of the molecule is CCCNC(c1cccc(F)c1)C1(OC)CCOCC1. The molecule has 1 fully saturated rings. The van der Waals surface area contributed by atoms with Crippen LogP contribution >= 0.6 is 0 Å². The Labute approximate surface area is 120 Å². The highest BCUT2D eigenvalue weighted by atomic mass is 19.1. The Morgan fingerprint density at radius 2 is 2.15 bits per heavy atom.